The summed E-state index contributed by atoms with van der Waals surface area (Å²) in [7, 11) is 1.64. The van der Waals surface area contributed by atoms with E-state index in [4.69, 9.17) is 4.74 Å². The summed E-state index contributed by atoms with van der Waals surface area (Å²) in [6.45, 7) is 4.88. The maximum atomic E-state index is 12.9. The standard InChI is InChI=1S/C20H23N3O2/c1-4-18(14-8-10-15(25-3)11-9-14)22-20(24)17-13-23(5-2)19-16(17)7-6-12-21-19/h6-13,18H,4-5H2,1-3H3,(H,22,24)/t18-/m0/s1. The van der Waals surface area contributed by atoms with E-state index in [0.29, 0.717) is 5.56 Å². The molecular weight excluding hydrogens is 314 g/mol. The van der Waals surface area contributed by atoms with Crippen LogP contribution >= 0.6 is 0 Å². The third-order valence-corrected chi connectivity index (χ3v) is 4.45. The van der Waals surface area contributed by atoms with E-state index in [9.17, 15) is 4.79 Å². The van der Waals surface area contributed by atoms with Crippen molar-refractivity contribution in [3.63, 3.8) is 0 Å². The molecule has 0 spiro atoms. The largest absolute Gasteiger partial charge is 0.497 e. The van der Waals surface area contributed by atoms with Crippen molar-refractivity contribution in [3.8, 4) is 5.75 Å². The number of carbonyl (C=O) groups is 1. The second kappa shape index (κ2) is 7.38. The first-order valence-corrected chi connectivity index (χ1v) is 8.56. The molecule has 130 valence electrons. The van der Waals surface area contributed by atoms with Gasteiger partial charge in [0.15, 0.2) is 0 Å². The van der Waals surface area contributed by atoms with E-state index < -0.39 is 0 Å². The Balaban J connectivity index is 1.87. The summed E-state index contributed by atoms with van der Waals surface area (Å²) in [6.07, 6.45) is 4.44. The van der Waals surface area contributed by atoms with Crippen molar-refractivity contribution in [2.75, 3.05) is 7.11 Å². The number of pyridine rings is 1. The lowest BCUT2D eigenvalue weighted by molar-refractivity contribution is 0.0937. The fourth-order valence-electron chi connectivity index (χ4n) is 3.04. The average Bonchev–Trinajstić information content (AvgIpc) is 3.05. The average molecular weight is 337 g/mol. The number of hydrogen-bond acceptors (Lipinski definition) is 3. The Morgan fingerprint density at radius 3 is 2.64 bits per heavy atom. The number of aromatic nitrogens is 2. The third kappa shape index (κ3) is 3.36. The van der Waals surface area contributed by atoms with Gasteiger partial charge < -0.3 is 14.6 Å². The molecule has 0 saturated heterocycles. The maximum absolute atomic E-state index is 12.9. The van der Waals surface area contributed by atoms with Gasteiger partial charge in [0.1, 0.15) is 11.4 Å². The lowest BCUT2D eigenvalue weighted by Gasteiger charge is -2.17. The highest BCUT2D eigenvalue weighted by Crippen LogP contribution is 2.23. The minimum atomic E-state index is -0.0760. The molecule has 0 saturated carbocycles. The molecule has 3 aromatic rings. The van der Waals surface area contributed by atoms with Crippen LogP contribution in [-0.4, -0.2) is 22.6 Å². The number of benzene rings is 1. The van der Waals surface area contributed by atoms with Gasteiger partial charge in [-0.2, -0.15) is 0 Å². The molecule has 0 aliphatic carbocycles. The molecule has 3 rings (SSSR count). The van der Waals surface area contributed by atoms with Crippen molar-refractivity contribution in [1.82, 2.24) is 14.9 Å². The molecule has 0 bridgehead atoms. The maximum Gasteiger partial charge on any atom is 0.253 e. The zero-order chi connectivity index (χ0) is 17.8. The molecule has 0 fully saturated rings. The number of aryl methyl sites for hydroxylation is 1. The first kappa shape index (κ1) is 17.0. The van der Waals surface area contributed by atoms with E-state index in [2.05, 4.69) is 17.2 Å². The van der Waals surface area contributed by atoms with Crippen LogP contribution < -0.4 is 10.1 Å². The lowest BCUT2D eigenvalue weighted by atomic mass is 10.0. The predicted octanol–water partition coefficient (Wildman–Crippen LogP) is 3.95. The van der Waals surface area contributed by atoms with E-state index in [0.717, 1.165) is 35.3 Å². The van der Waals surface area contributed by atoms with Crippen LogP contribution in [0.15, 0.2) is 48.8 Å². The molecule has 1 N–H and O–H groups in total. The molecule has 2 heterocycles. The molecule has 0 unspecified atom stereocenters. The molecule has 0 aliphatic rings. The van der Waals surface area contributed by atoms with Crippen LogP contribution in [0.2, 0.25) is 0 Å². The Bertz CT molecular complexity index is 868. The zero-order valence-corrected chi connectivity index (χ0v) is 14.8. The fraction of sp³-hybridized carbons (Fsp3) is 0.300. The van der Waals surface area contributed by atoms with Gasteiger partial charge in [-0.15, -0.1) is 0 Å². The first-order valence-electron chi connectivity index (χ1n) is 8.56. The van der Waals surface area contributed by atoms with Crippen LogP contribution in [0.3, 0.4) is 0 Å². The molecule has 1 atom stereocenters. The molecule has 1 aromatic carbocycles. The van der Waals surface area contributed by atoms with Crippen molar-refractivity contribution >= 4 is 16.9 Å². The summed E-state index contributed by atoms with van der Waals surface area (Å²) >= 11 is 0. The van der Waals surface area contributed by atoms with Gasteiger partial charge in [-0.3, -0.25) is 4.79 Å². The number of hydrogen-bond donors (Lipinski definition) is 1. The highest BCUT2D eigenvalue weighted by Gasteiger charge is 2.19. The summed E-state index contributed by atoms with van der Waals surface area (Å²) < 4.78 is 7.20. The zero-order valence-electron chi connectivity index (χ0n) is 14.8. The van der Waals surface area contributed by atoms with Gasteiger partial charge in [-0.05, 0) is 43.2 Å². The smallest absolute Gasteiger partial charge is 0.253 e. The van der Waals surface area contributed by atoms with E-state index in [-0.39, 0.29) is 11.9 Å². The number of nitrogens with zero attached hydrogens (tertiary/aromatic N) is 2. The monoisotopic (exact) mass is 337 g/mol. The van der Waals surface area contributed by atoms with Gasteiger partial charge in [-0.1, -0.05) is 19.1 Å². The summed E-state index contributed by atoms with van der Waals surface area (Å²) in [6, 6.07) is 11.6. The Morgan fingerprint density at radius 1 is 1.24 bits per heavy atom. The second-order valence-electron chi connectivity index (χ2n) is 5.91. The van der Waals surface area contributed by atoms with Gasteiger partial charge in [0.05, 0.1) is 18.7 Å². The minimum absolute atomic E-state index is 0.0462. The molecule has 5 heteroatoms. The van der Waals surface area contributed by atoms with Gasteiger partial charge in [0.2, 0.25) is 0 Å². The van der Waals surface area contributed by atoms with Crippen LogP contribution in [0.25, 0.3) is 11.0 Å². The number of rotatable bonds is 6. The SMILES string of the molecule is CC[C@H](NC(=O)c1cn(CC)c2ncccc12)c1ccc(OC)cc1. The molecule has 2 aromatic heterocycles. The number of methoxy groups -OCH3 is 1. The molecule has 0 aliphatic heterocycles. The second-order valence-corrected chi connectivity index (χ2v) is 5.91. The molecule has 0 radical (unpaired) electrons. The third-order valence-electron chi connectivity index (χ3n) is 4.45. The molecular formula is C20H23N3O2. The number of fused-ring (bicyclic) bond motifs is 1. The van der Waals surface area contributed by atoms with Crippen LogP contribution in [-0.2, 0) is 6.54 Å². The molecule has 25 heavy (non-hydrogen) atoms. The van der Waals surface area contributed by atoms with Crippen molar-refractivity contribution in [2.24, 2.45) is 0 Å². The van der Waals surface area contributed by atoms with Crippen LogP contribution in [0, 0.1) is 0 Å². The summed E-state index contributed by atoms with van der Waals surface area (Å²) in [5, 5.41) is 4.03. The Hall–Kier alpha value is -2.82. The van der Waals surface area contributed by atoms with Crippen molar-refractivity contribution < 1.29 is 9.53 Å². The Labute approximate surface area is 147 Å². The van der Waals surface area contributed by atoms with Crippen molar-refractivity contribution in [2.45, 2.75) is 32.9 Å². The van der Waals surface area contributed by atoms with Gasteiger partial charge >= 0.3 is 0 Å². The number of amides is 1. The van der Waals surface area contributed by atoms with Crippen LogP contribution in [0.1, 0.15) is 42.2 Å². The molecule has 1 amide bonds. The van der Waals surface area contributed by atoms with E-state index >= 15 is 0 Å². The van der Waals surface area contributed by atoms with Crippen LogP contribution in [0.4, 0.5) is 0 Å². The summed E-state index contributed by atoms with van der Waals surface area (Å²) in [5.74, 6) is 0.731. The van der Waals surface area contributed by atoms with Gasteiger partial charge in [0, 0.05) is 24.3 Å². The Morgan fingerprint density at radius 2 is 2.00 bits per heavy atom. The van der Waals surface area contributed by atoms with Crippen molar-refractivity contribution in [1.29, 1.82) is 0 Å². The number of carbonyl (C=O) groups excluding carboxylic acids is 1. The normalized spacial score (nSPS) is 12.1. The fourth-order valence-corrected chi connectivity index (χ4v) is 3.04. The number of nitrogens with one attached hydrogen (secondary N) is 1. The Kier molecular flexibility index (Phi) is 5.03. The van der Waals surface area contributed by atoms with Gasteiger partial charge in [-0.25, -0.2) is 4.98 Å². The highest BCUT2D eigenvalue weighted by atomic mass is 16.5. The summed E-state index contributed by atoms with van der Waals surface area (Å²) in [4.78, 5) is 17.3. The van der Waals surface area contributed by atoms with Crippen LogP contribution in [0.5, 0.6) is 5.75 Å². The number of ether oxygens (including phenoxy) is 1. The summed E-state index contributed by atoms with van der Waals surface area (Å²) in [5.41, 5.74) is 2.57. The van der Waals surface area contributed by atoms with Gasteiger partial charge in [0.25, 0.3) is 5.91 Å². The predicted molar refractivity (Wildman–Crippen MR) is 98.9 cm³/mol. The van der Waals surface area contributed by atoms with E-state index in [1.54, 1.807) is 13.3 Å². The lowest BCUT2D eigenvalue weighted by Crippen LogP contribution is -2.28. The van der Waals surface area contributed by atoms with E-state index in [1.165, 1.54) is 0 Å². The highest BCUT2D eigenvalue weighted by molar-refractivity contribution is 6.06. The van der Waals surface area contributed by atoms with E-state index in [1.807, 2.05) is 54.1 Å². The minimum Gasteiger partial charge on any atom is -0.497 e. The molecule has 5 nitrogen and oxygen atoms in total. The first-order chi connectivity index (χ1) is 12.2. The topological polar surface area (TPSA) is 56.2 Å². The quantitative estimate of drug-likeness (QED) is 0.741. The van der Waals surface area contributed by atoms with Crippen molar-refractivity contribution in [3.05, 3.63) is 59.9 Å².